The molecule has 2 rings (SSSR count). The van der Waals surface area contributed by atoms with E-state index in [2.05, 4.69) is 69.1 Å². The summed E-state index contributed by atoms with van der Waals surface area (Å²) in [6.45, 7) is 13.6. The predicted molar refractivity (Wildman–Crippen MR) is 84.0 cm³/mol. The van der Waals surface area contributed by atoms with Crippen LogP contribution in [-0.2, 0) is 0 Å². The monoisotopic (exact) mass is 260 g/mol. The van der Waals surface area contributed by atoms with Crippen molar-refractivity contribution in [3.63, 3.8) is 0 Å². The fraction of sp³-hybridized carbons (Fsp3) is 0.647. The lowest BCUT2D eigenvalue weighted by molar-refractivity contribution is 0.285. The third-order valence-corrected chi connectivity index (χ3v) is 4.52. The number of anilines is 1. The van der Waals surface area contributed by atoms with Crippen LogP contribution in [0.4, 0.5) is 5.69 Å². The van der Waals surface area contributed by atoms with E-state index in [1.54, 1.807) is 0 Å². The number of nitrogens with one attached hydrogen (secondary N) is 1. The number of nitrogens with zero attached hydrogens (tertiary/aromatic N) is 1. The molecule has 0 amide bonds. The Morgan fingerprint density at radius 2 is 2.16 bits per heavy atom. The molecular weight excluding hydrogens is 232 g/mol. The van der Waals surface area contributed by atoms with E-state index in [0.717, 1.165) is 13.1 Å². The van der Waals surface area contributed by atoms with Crippen LogP contribution in [0.15, 0.2) is 24.3 Å². The van der Waals surface area contributed by atoms with E-state index in [-0.39, 0.29) is 5.54 Å². The van der Waals surface area contributed by atoms with E-state index in [1.165, 1.54) is 17.7 Å². The third-order valence-electron chi connectivity index (χ3n) is 4.52. The lowest BCUT2D eigenvalue weighted by Crippen LogP contribution is -2.62. The Bertz CT molecular complexity index is 427. The first-order valence-electron chi connectivity index (χ1n) is 7.57. The summed E-state index contributed by atoms with van der Waals surface area (Å²) in [5, 5.41) is 3.69. The second-order valence-electron chi connectivity index (χ2n) is 6.52. The molecule has 1 fully saturated rings. The Morgan fingerprint density at radius 1 is 1.42 bits per heavy atom. The van der Waals surface area contributed by atoms with Gasteiger partial charge in [0.25, 0.3) is 0 Å². The molecule has 0 spiro atoms. The molecule has 19 heavy (non-hydrogen) atoms. The van der Waals surface area contributed by atoms with Gasteiger partial charge in [-0.05, 0) is 43.9 Å². The highest BCUT2D eigenvalue weighted by molar-refractivity contribution is 5.51. The van der Waals surface area contributed by atoms with Crippen LogP contribution in [0, 0.1) is 0 Å². The van der Waals surface area contributed by atoms with E-state index in [4.69, 9.17) is 0 Å². The zero-order chi connectivity index (χ0) is 14.0. The normalized spacial score (nSPS) is 27.9. The lowest BCUT2D eigenvalue weighted by atomic mass is 9.93. The second-order valence-corrected chi connectivity index (χ2v) is 6.52. The molecule has 2 heteroatoms. The molecule has 2 unspecified atom stereocenters. The van der Waals surface area contributed by atoms with Gasteiger partial charge in [0.2, 0.25) is 0 Å². The van der Waals surface area contributed by atoms with Crippen LogP contribution in [0.5, 0.6) is 0 Å². The van der Waals surface area contributed by atoms with Crippen molar-refractivity contribution in [1.82, 2.24) is 5.32 Å². The summed E-state index contributed by atoms with van der Waals surface area (Å²) in [4.78, 5) is 2.56. The standard InChI is InChI=1S/C17H28N2/c1-6-17(5)12-19(14(4)11-18-17)16-9-7-8-15(10-16)13(2)3/h7-10,13-14,18H,6,11-12H2,1-5H3. The fourth-order valence-corrected chi connectivity index (χ4v) is 2.74. The SMILES string of the molecule is CCC1(C)CN(c2cccc(C(C)C)c2)C(C)CN1. The minimum absolute atomic E-state index is 0.236. The van der Waals surface area contributed by atoms with Gasteiger partial charge in [0.15, 0.2) is 0 Å². The molecule has 1 aliphatic rings. The fourth-order valence-electron chi connectivity index (χ4n) is 2.74. The maximum atomic E-state index is 3.69. The number of piperazine rings is 1. The van der Waals surface area contributed by atoms with Crippen molar-refractivity contribution in [3.8, 4) is 0 Å². The summed E-state index contributed by atoms with van der Waals surface area (Å²) in [5.41, 5.74) is 3.04. The Kier molecular flexibility index (Phi) is 4.19. The van der Waals surface area contributed by atoms with Gasteiger partial charge in [-0.2, -0.15) is 0 Å². The van der Waals surface area contributed by atoms with Gasteiger partial charge in [0, 0.05) is 30.4 Å². The Balaban J connectivity index is 2.26. The molecule has 1 aliphatic heterocycles. The number of hydrogen-bond acceptors (Lipinski definition) is 2. The van der Waals surface area contributed by atoms with Crippen molar-refractivity contribution in [2.24, 2.45) is 0 Å². The molecule has 0 radical (unpaired) electrons. The number of hydrogen-bond donors (Lipinski definition) is 1. The molecule has 1 aromatic rings. The van der Waals surface area contributed by atoms with Crippen molar-refractivity contribution in [3.05, 3.63) is 29.8 Å². The molecule has 1 saturated heterocycles. The summed E-state index contributed by atoms with van der Waals surface area (Å²) >= 11 is 0. The lowest BCUT2D eigenvalue weighted by Gasteiger charge is -2.46. The molecule has 106 valence electrons. The van der Waals surface area contributed by atoms with Crippen LogP contribution >= 0.6 is 0 Å². The smallest absolute Gasteiger partial charge is 0.0387 e. The van der Waals surface area contributed by atoms with E-state index in [9.17, 15) is 0 Å². The molecule has 1 N–H and O–H groups in total. The maximum absolute atomic E-state index is 3.69. The van der Waals surface area contributed by atoms with Crippen molar-refractivity contribution < 1.29 is 0 Å². The zero-order valence-corrected chi connectivity index (χ0v) is 13.0. The first-order chi connectivity index (χ1) is 8.95. The van der Waals surface area contributed by atoms with Crippen LogP contribution < -0.4 is 10.2 Å². The van der Waals surface area contributed by atoms with E-state index in [0.29, 0.717) is 12.0 Å². The molecule has 2 nitrogen and oxygen atoms in total. The quantitative estimate of drug-likeness (QED) is 0.890. The van der Waals surface area contributed by atoms with Crippen molar-refractivity contribution >= 4 is 5.69 Å². The van der Waals surface area contributed by atoms with Gasteiger partial charge in [0.1, 0.15) is 0 Å². The summed E-state index contributed by atoms with van der Waals surface area (Å²) in [6, 6.07) is 9.61. The summed E-state index contributed by atoms with van der Waals surface area (Å²) in [5.74, 6) is 0.593. The van der Waals surface area contributed by atoms with Gasteiger partial charge in [0.05, 0.1) is 0 Å². The molecule has 1 aromatic carbocycles. The molecule has 1 heterocycles. The summed E-state index contributed by atoms with van der Waals surface area (Å²) in [6.07, 6.45) is 1.17. The Morgan fingerprint density at radius 3 is 2.79 bits per heavy atom. The van der Waals surface area contributed by atoms with Crippen molar-refractivity contribution in [1.29, 1.82) is 0 Å². The van der Waals surface area contributed by atoms with Crippen LogP contribution in [0.2, 0.25) is 0 Å². The zero-order valence-electron chi connectivity index (χ0n) is 13.0. The Hall–Kier alpha value is -1.02. The highest BCUT2D eigenvalue weighted by Crippen LogP contribution is 2.27. The number of benzene rings is 1. The van der Waals surface area contributed by atoms with Crippen molar-refractivity contribution in [2.75, 3.05) is 18.0 Å². The number of rotatable bonds is 3. The van der Waals surface area contributed by atoms with Gasteiger partial charge in [-0.3, -0.25) is 0 Å². The van der Waals surface area contributed by atoms with Crippen LogP contribution in [-0.4, -0.2) is 24.7 Å². The summed E-state index contributed by atoms with van der Waals surface area (Å²) < 4.78 is 0. The highest BCUT2D eigenvalue weighted by atomic mass is 15.2. The predicted octanol–water partition coefficient (Wildman–Crippen LogP) is 3.78. The first kappa shape index (κ1) is 14.4. The van der Waals surface area contributed by atoms with Gasteiger partial charge < -0.3 is 10.2 Å². The van der Waals surface area contributed by atoms with Gasteiger partial charge in [-0.25, -0.2) is 0 Å². The van der Waals surface area contributed by atoms with E-state index in [1.807, 2.05) is 0 Å². The minimum Gasteiger partial charge on any atom is -0.366 e. The molecule has 0 bridgehead atoms. The third kappa shape index (κ3) is 3.11. The van der Waals surface area contributed by atoms with E-state index >= 15 is 0 Å². The molecular formula is C17H28N2. The van der Waals surface area contributed by atoms with E-state index < -0.39 is 0 Å². The molecule has 0 aromatic heterocycles. The van der Waals surface area contributed by atoms with Crippen LogP contribution in [0.25, 0.3) is 0 Å². The molecule has 0 aliphatic carbocycles. The van der Waals surface area contributed by atoms with Gasteiger partial charge in [-0.1, -0.05) is 32.9 Å². The summed E-state index contributed by atoms with van der Waals surface area (Å²) in [7, 11) is 0. The molecule has 0 saturated carbocycles. The highest BCUT2D eigenvalue weighted by Gasteiger charge is 2.32. The average molecular weight is 260 g/mol. The van der Waals surface area contributed by atoms with Crippen molar-refractivity contribution in [2.45, 2.75) is 58.5 Å². The average Bonchev–Trinajstić information content (AvgIpc) is 2.42. The minimum atomic E-state index is 0.236. The maximum Gasteiger partial charge on any atom is 0.0387 e. The molecule has 2 atom stereocenters. The Labute approximate surface area is 118 Å². The first-order valence-corrected chi connectivity index (χ1v) is 7.57. The van der Waals surface area contributed by atoms with Crippen LogP contribution in [0.1, 0.15) is 52.5 Å². The second kappa shape index (κ2) is 5.54. The van der Waals surface area contributed by atoms with Gasteiger partial charge in [-0.15, -0.1) is 0 Å². The van der Waals surface area contributed by atoms with Gasteiger partial charge >= 0.3 is 0 Å². The topological polar surface area (TPSA) is 15.3 Å². The van der Waals surface area contributed by atoms with Crippen LogP contribution in [0.3, 0.4) is 0 Å². The largest absolute Gasteiger partial charge is 0.366 e.